The molecule has 9 heteroatoms. The topological polar surface area (TPSA) is 49.9 Å². The Morgan fingerprint density at radius 1 is 1.11 bits per heavy atom. The van der Waals surface area contributed by atoms with Gasteiger partial charge in [-0.1, -0.05) is 0 Å². The molecule has 0 radical (unpaired) electrons. The molecular weight excluding hydrogens is 381 g/mol. The predicted octanol–water partition coefficient (Wildman–Crippen LogP) is 2.75. The highest BCUT2D eigenvalue weighted by Gasteiger charge is 2.34. The van der Waals surface area contributed by atoms with E-state index in [-0.39, 0.29) is 10.5 Å². The Balaban J connectivity index is 1.64. The lowest BCUT2D eigenvalue weighted by atomic mass is 9.99. The summed E-state index contributed by atoms with van der Waals surface area (Å²) < 4.78 is 70.9. The molecule has 0 saturated carbocycles. The Labute approximate surface area is 158 Å². The molecule has 0 amide bonds. The maximum absolute atomic E-state index is 12.9. The van der Waals surface area contributed by atoms with E-state index >= 15 is 0 Å². The van der Waals surface area contributed by atoms with Crippen LogP contribution in [0.3, 0.4) is 0 Å². The van der Waals surface area contributed by atoms with E-state index in [9.17, 15) is 21.6 Å². The standard InChI is InChI=1S/C18H25F3N2O3S/c1-14-12-16(18(19,20)21)2-3-17(14)27(24,25)23-8-6-22(7-9-23)13-15-4-10-26-11-5-15/h2-3,12,15H,4-11,13H2,1H3. The van der Waals surface area contributed by atoms with Gasteiger partial charge in [-0.05, 0) is 49.4 Å². The molecule has 1 aromatic carbocycles. The average molecular weight is 406 g/mol. The molecular formula is C18H25F3N2O3S. The van der Waals surface area contributed by atoms with Gasteiger partial charge in [-0.3, -0.25) is 0 Å². The molecule has 2 heterocycles. The van der Waals surface area contributed by atoms with Crippen molar-refractivity contribution in [3.63, 3.8) is 0 Å². The van der Waals surface area contributed by atoms with Crippen LogP contribution in [-0.4, -0.2) is 63.6 Å². The second-order valence-electron chi connectivity index (χ2n) is 7.24. The maximum atomic E-state index is 12.9. The van der Waals surface area contributed by atoms with Crippen LogP contribution >= 0.6 is 0 Å². The van der Waals surface area contributed by atoms with Gasteiger partial charge in [0.2, 0.25) is 10.0 Å². The fraction of sp³-hybridized carbons (Fsp3) is 0.667. The first-order valence-corrected chi connectivity index (χ1v) is 10.6. The van der Waals surface area contributed by atoms with Crippen LogP contribution < -0.4 is 0 Å². The minimum absolute atomic E-state index is 0.0478. The Morgan fingerprint density at radius 2 is 1.74 bits per heavy atom. The summed E-state index contributed by atoms with van der Waals surface area (Å²) in [7, 11) is -3.79. The predicted molar refractivity (Wildman–Crippen MR) is 94.9 cm³/mol. The van der Waals surface area contributed by atoms with Crippen molar-refractivity contribution >= 4 is 10.0 Å². The number of hydrogen-bond acceptors (Lipinski definition) is 4. The molecule has 152 valence electrons. The zero-order valence-corrected chi connectivity index (χ0v) is 16.2. The molecule has 3 rings (SSSR count). The first kappa shape index (κ1) is 20.6. The van der Waals surface area contributed by atoms with Crippen molar-refractivity contribution in [3.05, 3.63) is 29.3 Å². The van der Waals surface area contributed by atoms with E-state index in [0.717, 1.165) is 50.8 Å². The van der Waals surface area contributed by atoms with E-state index in [1.807, 2.05) is 0 Å². The first-order valence-electron chi connectivity index (χ1n) is 9.16. The van der Waals surface area contributed by atoms with Crippen molar-refractivity contribution < 1.29 is 26.3 Å². The van der Waals surface area contributed by atoms with E-state index in [1.165, 1.54) is 11.2 Å². The number of aryl methyl sites for hydroxylation is 1. The molecule has 0 N–H and O–H groups in total. The second kappa shape index (κ2) is 8.06. The number of sulfonamides is 1. The zero-order valence-electron chi connectivity index (χ0n) is 15.3. The SMILES string of the molecule is Cc1cc(C(F)(F)F)ccc1S(=O)(=O)N1CCN(CC2CCOCC2)CC1. The van der Waals surface area contributed by atoms with Gasteiger partial charge < -0.3 is 9.64 Å². The lowest BCUT2D eigenvalue weighted by Gasteiger charge is -2.36. The van der Waals surface area contributed by atoms with Crippen LogP contribution in [0.25, 0.3) is 0 Å². The number of nitrogens with zero attached hydrogens (tertiary/aromatic N) is 2. The number of ether oxygens (including phenoxy) is 1. The summed E-state index contributed by atoms with van der Waals surface area (Å²) in [6, 6.07) is 2.80. The highest BCUT2D eigenvalue weighted by Crippen LogP contribution is 2.32. The number of piperazine rings is 1. The van der Waals surface area contributed by atoms with Gasteiger partial charge in [0.1, 0.15) is 0 Å². The number of alkyl halides is 3. The summed E-state index contributed by atoms with van der Waals surface area (Å²) in [5.41, 5.74) is -0.713. The fourth-order valence-electron chi connectivity index (χ4n) is 3.70. The molecule has 2 aliphatic heterocycles. The minimum Gasteiger partial charge on any atom is -0.381 e. The fourth-order valence-corrected chi connectivity index (χ4v) is 5.33. The summed E-state index contributed by atoms with van der Waals surface area (Å²) in [4.78, 5) is 2.22. The van der Waals surface area contributed by atoms with E-state index in [1.54, 1.807) is 0 Å². The lowest BCUT2D eigenvalue weighted by Crippen LogP contribution is -2.50. The van der Waals surface area contributed by atoms with Crippen LogP contribution in [0.2, 0.25) is 0 Å². The molecule has 27 heavy (non-hydrogen) atoms. The molecule has 0 atom stereocenters. The summed E-state index contributed by atoms with van der Waals surface area (Å²) in [5.74, 6) is 0.582. The van der Waals surface area contributed by atoms with Crippen LogP contribution in [0.1, 0.15) is 24.0 Å². The van der Waals surface area contributed by atoms with Gasteiger partial charge in [0.15, 0.2) is 0 Å². The Hall–Kier alpha value is -1.16. The van der Waals surface area contributed by atoms with Gasteiger partial charge in [-0.2, -0.15) is 17.5 Å². The number of benzene rings is 1. The zero-order chi connectivity index (χ0) is 19.7. The molecule has 0 aromatic heterocycles. The van der Waals surface area contributed by atoms with E-state index in [0.29, 0.717) is 32.1 Å². The summed E-state index contributed by atoms with van der Waals surface area (Å²) in [6.45, 7) is 5.89. The van der Waals surface area contributed by atoms with Gasteiger partial charge in [0, 0.05) is 45.9 Å². The van der Waals surface area contributed by atoms with Gasteiger partial charge in [-0.25, -0.2) is 8.42 Å². The molecule has 2 saturated heterocycles. The molecule has 2 aliphatic rings. The third-order valence-corrected chi connectivity index (χ3v) is 7.37. The summed E-state index contributed by atoms with van der Waals surface area (Å²) in [6.07, 6.45) is -2.42. The van der Waals surface area contributed by atoms with Gasteiger partial charge in [-0.15, -0.1) is 0 Å². The normalized spacial score (nSPS) is 21.5. The van der Waals surface area contributed by atoms with Gasteiger partial charge >= 0.3 is 6.18 Å². The van der Waals surface area contributed by atoms with Crippen LogP contribution in [0.5, 0.6) is 0 Å². The van der Waals surface area contributed by atoms with Crippen molar-refractivity contribution in [1.82, 2.24) is 9.21 Å². The van der Waals surface area contributed by atoms with Crippen molar-refractivity contribution in [2.75, 3.05) is 45.9 Å². The molecule has 0 unspecified atom stereocenters. The second-order valence-corrected chi connectivity index (χ2v) is 9.14. The molecule has 1 aromatic rings. The third-order valence-electron chi connectivity index (χ3n) is 5.31. The van der Waals surface area contributed by atoms with E-state index in [2.05, 4.69) is 4.90 Å². The average Bonchev–Trinajstić information content (AvgIpc) is 2.62. The summed E-state index contributed by atoms with van der Waals surface area (Å²) in [5, 5.41) is 0. The molecule has 0 bridgehead atoms. The molecule has 0 aliphatic carbocycles. The van der Waals surface area contributed by atoms with Gasteiger partial charge in [0.25, 0.3) is 0 Å². The molecule has 5 nitrogen and oxygen atoms in total. The van der Waals surface area contributed by atoms with Crippen molar-refractivity contribution in [1.29, 1.82) is 0 Å². The van der Waals surface area contributed by atoms with E-state index < -0.39 is 21.8 Å². The first-order chi connectivity index (χ1) is 12.7. The number of halogens is 3. The molecule has 0 spiro atoms. The van der Waals surface area contributed by atoms with Gasteiger partial charge in [0.05, 0.1) is 10.5 Å². The van der Waals surface area contributed by atoms with Crippen LogP contribution in [0.15, 0.2) is 23.1 Å². The highest BCUT2D eigenvalue weighted by molar-refractivity contribution is 7.89. The number of hydrogen-bond donors (Lipinski definition) is 0. The van der Waals surface area contributed by atoms with Crippen LogP contribution in [-0.2, 0) is 20.9 Å². The summed E-state index contributed by atoms with van der Waals surface area (Å²) >= 11 is 0. The Morgan fingerprint density at radius 3 is 2.30 bits per heavy atom. The van der Waals surface area contributed by atoms with Crippen molar-refractivity contribution in [3.8, 4) is 0 Å². The minimum atomic E-state index is -4.48. The number of rotatable bonds is 4. The van der Waals surface area contributed by atoms with Crippen LogP contribution in [0, 0.1) is 12.8 Å². The third kappa shape index (κ3) is 4.82. The Bertz CT molecular complexity index is 754. The monoisotopic (exact) mass is 406 g/mol. The Kier molecular flexibility index (Phi) is 6.14. The smallest absolute Gasteiger partial charge is 0.381 e. The van der Waals surface area contributed by atoms with Crippen molar-refractivity contribution in [2.24, 2.45) is 5.92 Å². The highest BCUT2D eigenvalue weighted by atomic mass is 32.2. The lowest BCUT2D eigenvalue weighted by molar-refractivity contribution is -0.137. The van der Waals surface area contributed by atoms with Crippen molar-refractivity contribution in [2.45, 2.75) is 30.8 Å². The maximum Gasteiger partial charge on any atom is 0.416 e. The molecule has 2 fully saturated rings. The quantitative estimate of drug-likeness (QED) is 0.772. The largest absolute Gasteiger partial charge is 0.416 e. The van der Waals surface area contributed by atoms with Crippen LogP contribution in [0.4, 0.5) is 13.2 Å². The van der Waals surface area contributed by atoms with E-state index in [4.69, 9.17) is 4.74 Å².